The second-order valence-corrected chi connectivity index (χ2v) is 4.51. The Kier molecular flexibility index (Phi) is 5.36. The summed E-state index contributed by atoms with van der Waals surface area (Å²) in [7, 11) is 0. The largest absolute Gasteiger partial charge is 0.401 e. The maximum Gasteiger partial charge on any atom is 0.401 e. The molecule has 0 unspecified atom stereocenters. The Morgan fingerprint density at radius 2 is 1.47 bits per heavy atom. The lowest BCUT2D eigenvalue weighted by molar-refractivity contribution is -0.222. The maximum absolute atomic E-state index is 12.9. The molecule has 0 saturated carbocycles. The molecule has 0 aliphatic rings. The molecule has 0 aromatic heterocycles. The minimum Gasteiger partial charge on any atom is -0.299 e. The van der Waals surface area contributed by atoms with Crippen molar-refractivity contribution in [3.05, 3.63) is 0 Å². The molecule has 0 heterocycles. The second-order valence-electron chi connectivity index (χ2n) is 4.51. The molecule has 5 heteroatoms. The smallest absolute Gasteiger partial charge is 0.299 e. The Bertz CT molecular complexity index is 289. The van der Waals surface area contributed by atoms with Crippen LogP contribution in [0.2, 0.25) is 0 Å². The molecule has 2 nitrogen and oxygen atoms in total. The molecule has 0 bridgehead atoms. The Hall–Kier alpha value is -0.870. The monoisotopic (exact) mass is 252 g/mol. The van der Waals surface area contributed by atoms with Gasteiger partial charge in [-0.15, -0.1) is 0 Å². The first-order valence-corrected chi connectivity index (χ1v) is 5.75. The summed E-state index contributed by atoms with van der Waals surface area (Å²) in [6.07, 6.45) is -5.86. The first-order chi connectivity index (χ1) is 7.62. The van der Waals surface area contributed by atoms with Crippen LogP contribution >= 0.6 is 0 Å². The molecule has 0 aromatic carbocycles. The summed E-state index contributed by atoms with van der Waals surface area (Å²) in [5, 5.41) is 0. The third-order valence-corrected chi connectivity index (χ3v) is 3.26. The zero-order valence-electron chi connectivity index (χ0n) is 10.6. The molecule has 100 valence electrons. The minimum absolute atomic E-state index is 0.322. The number of carbonyl (C=O) groups excluding carboxylic acids is 2. The predicted octanol–water partition coefficient (Wildman–Crippen LogP) is 3.54. The van der Waals surface area contributed by atoms with Crippen molar-refractivity contribution in [1.29, 1.82) is 0 Å². The van der Waals surface area contributed by atoms with Gasteiger partial charge in [0.05, 0.1) is 6.42 Å². The van der Waals surface area contributed by atoms with Crippen molar-refractivity contribution in [3.63, 3.8) is 0 Å². The van der Waals surface area contributed by atoms with E-state index in [4.69, 9.17) is 0 Å². The number of ketones is 2. The second kappa shape index (κ2) is 5.65. The van der Waals surface area contributed by atoms with Gasteiger partial charge in [0.2, 0.25) is 0 Å². The van der Waals surface area contributed by atoms with Gasteiger partial charge in [0.15, 0.2) is 5.78 Å². The van der Waals surface area contributed by atoms with Crippen molar-refractivity contribution < 1.29 is 22.8 Å². The van der Waals surface area contributed by atoms with Crippen molar-refractivity contribution in [2.45, 2.75) is 53.1 Å². The summed E-state index contributed by atoms with van der Waals surface area (Å²) in [5.74, 6) is -1.86. The van der Waals surface area contributed by atoms with Crippen LogP contribution in [0.3, 0.4) is 0 Å². The van der Waals surface area contributed by atoms with Crippen LogP contribution in [-0.2, 0) is 9.59 Å². The number of halogens is 3. The number of Topliss-reactive ketones (excluding diaryl/α,β-unsaturated/α-hetero) is 2. The lowest BCUT2D eigenvalue weighted by atomic mass is 9.75. The van der Waals surface area contributed by atoms with E-state index in [1.807, 2.05) is 0 Å². The van der Waals surface area contributed by atoms with Crippen LogP contribution in [0.1, 0.15) is 47.0 Å². The number of hydrogen-bond acceptors (Lipinski definition) is 2. The van der Waals surface area contributed by atoms with Gasteiger partial charge in [-0.3, -0.25) is 9.59 Å². The summed E-state index contributed by atoms with van der Waals surface area (Å²) in [5.41, 5.74) is -2.36. The molecule has 0 amide bonds. The van der Waals surface area contributed by atoms with E-state index in [-0.39, 0.29) is 12.8 Å². The van der Waals surface area contributed by atoms with Crippen LogP contribution in [0.15, 0.2) is 0 Å². The SMILES string of the molecule is CCC(CC)(C(=O)CC(=O)C(C)C)C(F)(F)F. The summed E-state index contributed by atoms with van der Waals surface area (Å²) in [4.78, 5) is 23.1. The average molecular weight is 252 g/mol. The molecular weight excluding hydrogens is 233 g/mol. The fourth-order valence-electron chi connectivity index (χ4n) is 1.73. The fourth-order valence-corrected chi connectivity index (χ4v) is 1.73. The standard InChI is InChI=1S/C12H19F3O2/c1-5-11(6-2,12(13,14)15)10(17)7-9(16)8(3)4/h8H,5-7H2,1-4H3. The van der Waals surface area contributed by atoms with E-state index in [0.717, 1.165) is 0 Å². The van der Waals surface area contributed by atoms with Gasteiger partial charge < -0.3 is 0 Å². The van der Waals surface area contributed by atoms with Crippen LogP contribution in [-0.4, -0.2) is 17.7 Å². The number of carbonyl (C=O) groups is 2. The summed E-state index contributed by atoms with van der Waals surface area (Å²) in [6.45, 7) is 5.80. The van der Waals surface area contributed by atoms with Crippen molar-refractivity contribution in [2.24, 2.45) is 11.3 Å². The van der Waals surface area contributed by atoms with E-state index >= 15 is 0 Å². The summed E-state index contributed by atoms with van der Waals surface area (Å²) >= 11 is 0. The molecule has 0 aromatic rings. The van der Waals surface area contributed by atoms with E-state index < -0.39 is 35.5 Å². The lowest BCUT2D eigenvalue weighted by Crippen LogP contribution is -2.45. The zero-order chi connectivity index (χ0) is 13.9. The van der Waals surface area contributed by atoms with Crippen LogP contribution in [0.4, 0.5) is 13.2 Å². The molecule has 17 heavy (non-hydrogen) atoms. The molecule has 0 aliphatic carbocycles. The highest BCUT2D eigenvalue weighted by atomic mass is 19.4. The highest BCUT2D eigenvalue weighted by molar-refractivity contribution is 6.02. The lowest BCUT2D eigenvalue weighted by Gasteiger charge is -2.32. The highest BCUT2D eigenvalue weighted by Gasteiger charge is 2.57. The molecular formula is C12H19F3O2. The molecule has 0 atom stereocenters. The van der Waals surface area contributed by atoms with E-state index in [1.54, 1.807) is 13.8 Å². The Morgan fingerprint density at radius 3 is 1.71 bits per heavy atom. The topological polar surface area (TPSA) is 34.1 Å². The fraction of sp³-hybridized carbons (Fsp3) is 0.833. The van der Waals surface area contributed by atoms with Crippen LogP contribution in [0.25, 0.3) is 0 Å². The number of hydrogen-bond donors (Lipinski definition) is 0. The third kappa shape index (κ3) is 3.30. The Balaban J connectivity index is 5.10. The predicted molar refractivity (Wildman–Crippen MR) is 58.5 cm³/mol. The van der Waals surface area contributed by atoms with Gasteiger partial charge in [-0.1, -0.05) is 27.7 Å². The summed E-state index contributed by atoms with van der Waals surface area (Å²) < 4.78 is 38.8. The van der Waals surface area contributed by atoms with Crippen LogP contribution < -0.4 is 0 Å². The molecule has 0 saturated heterocycles. The molecule has 0 N–H and O–H groups in total. The van der Waals surface area contributed by atoms with E-state index in [0.29, 0.717) is 0 Å². The number of alkyl halides is 3. The van der Waals surface area contributed by atoms with Crippen molar-refractivity contribution in [3.8, 4) is 0 Å². The van der Waals surface area contributed by atoms with Gasteiger partial charge in [-0.25, -0.2) is 0 Å². The van der Waals surface area contributed by atoms with Gasteiger partial charge in [-0.2, -0.15) is 13.2 Å². The van der Waals surface area contributed by atoms with E-state index in [2.05, 4.69) is 0 Å². The van der Waals surface area contributed by atoms with E-state index in [9.17, 15) is 22.8 Å². The third-order valence-electron chi connectivity index (χ3n) is 3.26. The van der Waals surface area contributed by atoms with Gasteiger partial charge in [-0.05, 0) is 12.8 Å². The van der Waals surface area contributed by atoms with E-state index in [1.165, 1.54) is 13.8 Å². The van der Waals surface area contributed by atoms with Crippen molar-refractivity contribution in [1.82, 2.24) is 0 Å². The molecule has 0 aliphatic heterocycles. The van der Waals surface area contributed by atoms with Crippen LogP contribution in [0, 0.1) is 11.3 Å². The van der Waals surface area contributed by atoms with Gasteiger partial charge in [0.1, 0.15) is 11.2 Å². The van der Waals surface area contributed by atoms with Gasteiger partial charge in [0, 0.05) is 5.92 Å². The summed E-state index contributed by atoms with van der Waals surface area (Å²) in [6, 6.07) is 0. The Labute approximate surface area is 99.6 Å². The highest BCUT2D eigenvalue weighted by Crippen LogP contribution is 2.45. The zero-order valence-corrected chi connectivity index (χ0v) is 10.6. The molecule has 0 spiro atoms. The van der Waals surface area contributed by atoms with Crippen molar-refractivity contribution in [2.75, 3.05) is 0 Å². The minimum atomic E-state index is -4.59. The van der Waals surface area contributed by atoms with Gasteiger partial charge in [0.25, 0.3) is 0 Å². The normalized spacial score (nSPS) is 12.9. The first kappa shape index (κ1) is 16.1. The Morgan fingerprint density at radius 1 is 1.06 bits per heavy atom. The van der Waals surface area contributed by atoms with Crippen molar-refractivity contribution >= 4 is 11.6 Å². The molecule has 0 radical (unpaired) electrons. The quantitative estimate of drug-likeness (QED) is 0.677. The average Bonchev–Trinajstić information content (AvgIpc) is 2.17. The molecule has 0 rings (SSSR count). The van der Waals surface area contributed by atoms with Gasteiger partial charge >= 0.3 is 6.18 Å². The first-order valence-electron chi connectivity index (χ1n) is 5.75. The maximum atomic E-state index is 12.9. The molecule has 0 fully saturated rings. The van der Waals surface area contributed by atoms with Crippen LogP contribution in [0.5, 0.6) is 0 Å². The number of rotatable bonds is 6.